The maximum atomic E-state index is 10.9. The van der Waals surface area contributed by atoms with Gasteiger partial charge in [-0.15, -0.1) is 0 Å². The molecule has 0 unspecified atom stereocenters. The predicted molar refractivity (Wildman–Crippen MR) is 67.1 cm³/mol. The molecule has 88 valence electrons. The maximum absolute atomic E-state index is 10.9. The molecule has 0 aromatic heterocycles. The van der Waals surface area contributed by atoms with Crippen LogP contribution in [-0.2, 0) is 0 Å². The number of nitrogens with one attached hydrogen (secondary N) is 1. The molecule has 5 heteroatoms. The lowest BCUT2D eigenvalue weighted by Gasteiger charge is -2.18. The highest BCUT2D eigenvalue weighted by atomic mass is 35.5. The Bertz CT molecular complexity index is 444. The topological polar surface area (TPSA) is 38.3 Å². The fraction of sp³-hybridized carbons (Fsp3) is 0.364. The molecule has 0 saturated heterocycles. The van der Waals surface area contributed by atoms with E-state index in [1.807, 2.05) is 13.8 Å². The van der Waals surface area contributed by atoms with E-state index >= 15 is 0 Å². The SMILES string of the molecule is COc1c(C)c(C)c(Cl)c(C)c1NC(=O)Cl. The minimum absolute atomic E-state index is 0.524. The van der Waals surface area contributed by atoms with Crippen molar-refractivity contribution >= 4 is 34.3 Å². The number of amides is 1. The Balaban J connectivity index is 3.50. The number of benzene rings is 1. The summed E-state index contributed by atoms with van der Waals surface area (Å²) in [5.41, 5.74) is 3.09. The van der Waals surface area contributed by atoms with Crippen LogP contribution in [0.15, 0.2) is 0 Å². The summed E-state index contributed by atoms with van der Waals surface area (Å²) in [6.07, 6.45) is 0. The van der Waals surface area contributed by atoms with E-state index in [0.29, 0.717) is 16.5 Å². The van der Waals surface area contributed by atoms with E-state index in [4.69, 9.17) is 27.9 Å². The fourth-order valence-electron chi connectivity index (χ4n) is 1.59. The summed E-state index contributed by atoms with van der Waals surface area (Å²) >= 11 is 11.5. The molecular weight excluding hydrogens is 249 g/mol. The Kier molecular flexibility index (Phi) is 4.05. The Hall–Kier alpha value is -0.930. The zero-order valence-corrected chi connectivity index (χ0v) is 11.1. The van der Waals surface area contributed by atoms with Gasteiger partial charge < -0.3 is 10.1 Å². The van der Waals surface area contributed by atoms with Crippen molar-refractivity contribution < 1.29 is 9.53 Å². The van der Waals surface area contributed by atoms with Gasteiger partial charge in [-0.1, -0.05) is 11.6 Å². The largest absolute Gasteiger partial charge is 0.494 e. The summed E-state index contributed by atoms with van der Waals surface area (Å²) in [4.78, 5) is 10.9. The number of hydrogen-bond acceptors (Lipinski definition) is 2. The monoisotopic (exact) mass is 261 g/mol. The standard InChI is InChI=1S/C11H13Cl2NO2/c1-5-6(2)10(16-4)9(14-11(13)15)7(3)8(5)12/h1-4H3,(H,14,15). The molecular formula is C11H13Cl2NO2. The third kappa shape index (κ3) is 2.25. The molecule has 0 aliphatic rings. The van der Waals surface area contributed by atoms with Gasteiger partial charge in [-0.05, 0) is 49.1 Å². The van der Waals surface area contributed by atoms with Crippen molar-refractivity contribution in [2.75, 3.05) is 12.4 Å². The van der Waals surface area contributed by atoms with Crippen LogP contribution in [0.4, 0.5) is 10.5 Å². The molecule has 3 nitrogen and oxygen atoms in total. The van der Waals surface area contributed by atoms with Gasteiger partial charge in [0.1, 0.15) is 5.75 Å². The molecule has 0 aliphatic carbocycles. The second kappa shape index (κ2) is 4.93. The van der Waals surface area contributed by atoms with E-state index in [0.717, 1.165) is 16.7 Å². The van der Waals surface area contributed by atoms with Crippen LogP contribution in [0.5, 0.6) is 5.75 Å². The zero-order chi connectivity index (χ0) is 12.5. The van der Waals surface area contributed by atoms with E-state index in [2.05, 4.69) is 5.32 Å². The van der Waals surface area contributed by atoms with Crippen LogP contribution < -0.4 is 10.1 Å². The maximum Gasteiger partial charge on any atom is 0.318 e. The second-order valence-electron chi connectivity index (χ2n) is 3.50. The van der Waals surface area contributed by atoms with Crippen molar-refractivity contribution in [1.82, 2.24) is 0 Å². The van der Waals surface area contributed by atoms with Gasteiger partial charge in [0, 0.05) is 5.02 Å². The molecule has 1 aromatic rings. The average Bonchev–Trinajstić information content (AvgIpc) is 2.23. The van der Waals surface area contributed by atoms with E-state index in [-0.39, 0.29) is 0 Å². The molecule has 0 bridgehead atoms. The van der Waals surface area contributed by atoms with E-state index in [1.165, 1.54) is 0 Å². The van der Waals surface area contributed by atoms with Gasteiger partial charge >= 0.3 is 5.37 Å². The average molecular weight is 262 g/mol. The lowest BCUT2D eigenvalue weighted by Crippen LogP contribution is -2.07. The number of rotatable bonds is 2. The number of carbonyl (C=O) groups is 1. The minimum atomic E-state index is -0.666. The van der Waals surface area contributed by atoms with Crippen LogP contribution in [0.1, 0.15) is 16.7 Å². The predicted octanol–water partition coefficient (Wildman–Crippen LogP) is 4.04. The van der Waals surface area contributed by atoms with Crippen LogP contribution in [-0.4, -0.2) is 12.5 Å². The second-order valence-corrected chi connectivity index (χ2v) is 4.22. The first-order chi connectivity index (χ1) is 7.40. The van der Waals surface area contributed by atoms with Crippen molar-refractivity contribution in [3.05, 3.63) is 21.7 Å². The lowest BCUT2D eigenvalue weighted by atomic mass is 10.0. The van der Waals surface area contributed by atoms with Crippen molar-refractivity contribution in [1.29, 1.82) is 0 Å². The van der Waals surface area contributed by atoms with Crippen LogP contribution in [0, 0.1) is 20.8 Å². The molecule has 16 heavy (non-hydrogen) atoms. The first-order valence-electron chi connectivity index (χ1n) is 4.69. The van der Waals surface area contributed by atoms with Gasteiger partial charge in [-0.25, -0.2) is 0 Å². The first-order valence-corrected chi connectivity index (χ1v) is 5.45. The molecule has 0 heterocycles. The number of hydrogen-bond donors (Lipinski definition) is 1. The van der Waals surface area contributed by atoms with Crippen molar-refractivity contribution in [3.8, 4) is 5.75 Å². The highest BCUT2D eigenvalue weighted by Crippen LogP contribution is 2.39. The zero-order valence-electron chi connectivity index (χ0n) is 9.57. The summed E-state index contributed by atoms with van der Waals surface area (Å²) < 4.78 is 5.26. The van der Waals surface area contributed by atoms with Crippen LogP contribution in [0.3, 0.4) is 0 Å². The van der Waals surface area contributed by atoms with E-state index in [9.17, 15) is 4.79 Å². The highest BCUT2D eigenvalue weighted by Gasteiger charge is 2.17. The summed E-state index contributed by atoms with van der Waals surface area (Å²) in [5, 5.41) is 2.46. The normalized spacial score (nSPS) is 10.1. The van der Waals surface area contributed by atoms with Crippen molar-refractivity contribution in [2.24, 2.45) is 0 Å². The summed E-state index contributed by atoms with van der Waals surface area (Å²) in [7, 11) is 1.54. The molecule has 1 aromatic carbocycles. The number of methoxy groups -OCH3 is 1. The Morgan fingerprint density at radius 1 is 1.19 bits per heavy atom. The number of ether oxygens (including phenoxy) is 1. The van der Waals surface area contributed by atoms with Gasteiger partial charge in [0.15, 0.2) is 0 Å². The fourth-order valence-corrected chi connectivity index (χ4v) is 1.92. The van der Waals surface area contributed by atoms with E-state index < -0.39 is 5.37 Å². The lowest BCUT2D eigenvalue weighted by molar-refractivity contribution is 0.268. The summed E-state index contributed by atoms with van der Waals surface area (Å²) in [6, 6.07) is 0. The van der Waals surface area contributed by atoms with Gasteiger partial charge in [0.25, 0.3) is 0 Å². The Morgan fingerprint density at radius 3 is 2.19 bits per heavy atom. The Labute approximate surface area is 105 Å². The quantitative estimate of drug-likeness (QED) is 0.645. The summed E-state index contributed by atoms with van der Waals surface area (Å²) in [6.45, 7) is 5.59. The molecule has 0 fully saturated rings. The first kappa shape index (κ1) is 13.1. The number of carbonyl (C=O) groups excluding carboxylic acids is 1. The Morgan fingerprint density at radius 2 is 1.75 bits per heavy atom. The van der Waals surface area contributed by atoms with Gasteiger partial charge in [-0.2, -0.15) is 0 Å². The molecule has 0 spiro atoms. The van der Waals surface area contributed by atoms with Crippen LogP contribution >= 0.6 is 23.2 Å². The van der Waals surface area contributed by atoms with Crippen LogP contribution in [0.25, 0.3) is 0 Å². The molecule has 0 radical (unpaired) electrons. The third-order valence-electron chi connectivity index (χ3n) is 2.59. The summed E-state index contributed by atoms with van der Waals surface area (Å²) in [5.74, 6) is 0.591. The molecule has 0 saturated carbocycles. The van der Waals surface area contributed by atoms with Gasteiger partial charge in [0.2, 0.25) is 0 Å². The molecule has 0 aliphatic heterocycles. The highest BCUT2D eigenvalue weighted by molar-refractivity contribution is 6.65. The number of halogens is 2. The van der Waals surface area contributed by atoms with Gasteiger partial charge in [0.05, 0.1) is 12.8 Å². The van der Waals surface area contributed by atoms with E-state index in [1.54, 1.807) is 14.0 Å². The minimum Gasteiger partial charge on any atom is -0.494 e. The van der Waals surface area contributed by atoms with Gasteiger partial charge in [-0.3, -0.25) is 4.79 Å². The molecule has 0 atom stereocenters. The third-order valence-corrected chi connectivity index (χ3v) is 3.25. The molecule has 1 amide bonds. The van der Waals surface area contributed by atoms with Crippen molar-refractivity contribution in [2.45, 2.75) is 20.8 Å². The smallest absolute Gasteiger partial charge is 0.318 e. The molecule has 1 N–H and O–H groups in total. The van der Waals surface area contributed by atoms with Crippen LogP contribution in [0.2, 0.25) is 5.02 Å². The molecule has 1 rings (SSSR count). The van der Waals surface area contributed by atoms with Crippen molar-refractivity contribution in [3.63, 3.8) is 0 Å². The number of anilines is 1.